The largest absolute Gasteiger partial charge is 0.466 e. The number of esters is 1. The summed E-state index contributed by atoms with van der Waals surface area (Å²) >= 11 is 0. The average Bonchev–Trinajstić information content (AvgIpc) is 2.66. The van der Waals surface area contributed by atoms with Gasteiger partial charge in [0.2, 0.25) is 11.8 Å². The molecular weight excluding hydrogens is 334 g/mol. The van der Waals surface area contributed by atoms with E-state index in [0.29, 0.717) is 26.1 Å². The zero-order valence-corrected chi connectivity index (χ0v) is 15.4. The highest BCUT2D eigenvalue weighted by molar-refractivity contribution is 5.92. The molecule has 1 aliphatic rings. The van der Waals surface area contributed by atoms with Crippen LogP contribution in [-0.4, -0.2) is 55.0 Å². The first kappa shape index (κ1) is 19.9. The standard InChI is InChI=1S/C19H27N3O4/c1-3-11-26-18(24)12-16-19(25)20-9-10-22(16)17(23)13-21-14(2)15-7-5-4-6-8-15/h4-8,14,16,21H,3,9-13H2,1-2H3,(H,20,25). The molecule has 1 aromatic carbocycles. The van der Waals surface area contributed by atoms with Crippen molar-refractivity contribution in [1.29, 1.82) is 0 Å². The number of ether oxygens (including phenoxy) is 1. The van der Waals surface area contributed by atoms with Crippen molar-refractivity contribution in [2.75, 3.05) is 26.2 Å². The molecule has 2 unspecified atom stereocenters. The molecule has 0 saturated carbocycles. The summed E-state index contributed by atoms with van der Waals surface area (Å²) in [7, 11) is 0. The van der Waals surface area contributed by atoms with Crippen LogP contribution in [0.4, 0.5) is 0 Å². The van der Waals surface area contributed by atoms with Crippen molar-refractivity contribution in [3.8, 4) is 0 Å². The Bertz CT molecular complexity index is 620. The molecule has 1 fully saturated rings. The summed E-state index contributed by atoms with van der Waals surface area (Å²) in [5, 5.41) is 5.89. The Balaban J connectivity index is 1.93. The highest BCUT2D eigenvalue weighted by Crippen LogP contribution is 2.13. The molecule has 1 saturated heterocycles. The summed E-state index contributed by atoms with van der Waals surface area (Å²) in [6, 6.07) is 9.01. The van der Waals surface area contributed by atoms with Crippen molar-refractivity contribution < 1.29 is 19.1 Å². The lowest BCUT2D eigenvalue weighted by molar-refractivity contribution is -0.151. The summed E-state index contributed by atoms with van der Waals surface area (Å²) in [5.41, 5.74) is 1.08. The van der Waals surface area contributed by atoms with Crippen molar-refractivity contribution in [3.63, 3.8) is 0 Å². The SMILES string of the molecule is CCCOC(=O)CC1C(=O)NCCN1C(=O)CNC(C)c1ccccc1. The fourth-order valence-corrected chi connectivity index (χ4v) is 2.85. The summed E-state index contributed by atoms with van der Waals surface area (Å²) in [4.78, 5) is 38.1. The van der Waals surface area contributed by atoms with Crippen LogP contribution in [0.5, 0.6) is 0 Å². The Hall–Kier alpha value is -2.41. The first-order valence-electron chi connectivity index (χ1n) is 9.04. The summed E-state index contributed by atoms with van der Waals surface area (Å²) in [6.07, 6.45) is 0.596. The van der Waals surface area contributed by atoms with Crippen LogP contribution in [0.3, 0.4) is 0 Å². The minimum absolute atomic E-state index is 0.00624. The number of hydrogen-bond acceptors (Lipinski definition) is 5. The molecule has 142 valence electrons. The number of nitrogens with zero attached hydrogens (tertiary/aromatic N) is 1. The maximum absolute atomic E-state index is 12.6. The van der Waals surface area contributed by atoms with E-state index in [0.717, 1.165) is 5.56 Å². The number of benzene rings is 1. The van der Waals surface area contributed by atoms with Gasteiger partial charge >= 0.3 is 5.97 Å². The lowest BCUT2D eigenvalue weighted by atomic mass is 10.1. The Morgan fingerprint density at radius 2 is 2.08 bits per heavy atom. The van der Waals surface area contributed by atoms with E-state index in [1.54, 1.807) is 0 Å². The van der Waals surface area contributed by atoms with Gasteiger partial charge in [0.25, 0.3) is 0 Å². The van der Waals surface area contributed by atoms with Crippen molar-refractivity contribution >= 4 is 17.8 Å². The average molecular weight is 361 g/mol. The van der Waals surface area contributed by atoms with E-state index in [2.05, 4.69) is 10.6 Å². The van der Waals surface area contributed by atoms with E-state index in [1.165, 1.54) is 4.90 Å². The minimum atomic E-state index is -0.811. The molecule has 0 spiro atoms. The fraction of sp³-hybridized carbons (Fsp3) is 0.526. The molecule has 1 heterocycles. The maximum atomic E-state index is 12.6. The van der Waals surface area contributed by atoms with E-state index >= 15 is 0 Å². The normalized spacial score (nSPS) is 18.2. The van der Waals surface area contributed by atoms with Crippen LogP contribution < -0.4 is 10.6 Å². The second-order valence-electron chi connectivity index (χ2n) is 6.33. The quantitative estimate of drug-likeness (QED) is 0.675. The van der Waals surface area contributed by atoms with Gasteiger partial charge < -0.3 is 20.3 Å². The van der Waals surface area contributed by atoms with Gasteiger partial charge in [-0.3, -0.25) is 14.4 Å². The number of rotatable bonds is 8. The first-order chi connectivity index (χ1) is 12.5. The Labute approximate surface area is 154 Å². The summed E-state index contributed by atoms with van der Waals surface area (Å²) in [5.74, 6) is -0.970. The second-order valence-corrected chi connectivity index (χ2v) is 6.33. The zero-order valence-electron chi connectivity index (χ0n) is 15.4. The van der Waals surface area contributed by atoms with E-state index in [-0.39, 0.29) is 30.8 Å². The fourth-order valence-electron chi connectivity index (χ4n) is 2.85. The Morgan fingerprint density at radius 1 is 1.35 bits per heavy atom. The van der Waals surface area contributed by atoms with E-state index in [9.17, 15) is 14.4 Å². The summed E-state index contributed by atoms with van der Waals surface area (Å²) in [6.45, 7) is 5.07. The maximum Gasteiger partial charge on any atom is 0.308 e. The molecule has 0 bridgehead atoms. The number of hydrogen-bond donors (Lipinski definition) is 2. The van der Waals surface area contributed by atoms with E-state index in [1.807, 2.05) is 44.2 Å². The monoisotopic (exact) mass is 361 g/mol. The number of piperazine rings is 1. The topological polar surface area (TPSA) is 87.7 Å². The lowest BCUT2D eigenvalue weighted by Crippen LogP contribution is -2.59. The first-order valence-corrected chi connectivity index (χ1v) is 9.04. The van der Waals surface area contributed by atoms with Gasteiger partial charge in [0, 0.05) is 19.1 Å². The smallest absolute Gasteiger partial charge is 0.308 e. The molecule has 7 nitrogen and oxygen atoms in total. The molecule has 2 amide bonds. The number of nitrogens with one attached hydrogen (secondary N) is 2. The van der Waals surface area contributed by atoms with Gasteiger partial charge in [-0.15, -0.1) is 0 Å². The van der Waals surface area contributed by atoms with Gasteiger partial charge in [0.15, 0.2) is 0 Å². The van der Waals surface area contributed by atoms with Crippen molar-refractivity contribution in [2.24, 2.45) is 0 Å². The molecule has 26 heavy (non-hydrogen) atoms. The molecule has 0 aromatic heterocycles. The molecule has 0 radical (unpaired) electrons. The van der Waals surface area contributed by atoms with Crippen LogP contribution in [0.2, 0.25) is 0 Å². The molecule has 2 atom stereocenters. The minimum Gasteiger partial charge on any atom is -0.466 e. The predicted octanol–water partition coefficient (Wildman–Crippen LogP) is 1.01. The Morgan fingerprint density at radius 3 is 2.77 bits per heavy atom. The van der Waals surface area contributed by atoms with Crippen molar-refractivity contribution in [3.05, 3.63) is 35.9 Å². The highest BCUT2D eigenvalue weighted by atomic mass is 16.5. The zero-order chi connectivity index (χ0) is 18.9. The number of carbonyl (C=O) groups is 3. The third-order valence-corrected chi connectivity index (χ3v) is 4.34. The molecular formula is C19H27N3O4. The van der Waals surface area contributed by atoms with Crippen LogP contribution in [0, 0.1) is 0 Å². The molecule has 1 aromatic rings. The third kappa shape index (κ3) is 5.56. The Kier molecular flexibility index (Phi) is 7.59. The summed E-state index contributed by atoms with van der Waals surface area (Å²) < 4.78 is 5.05. The van der Waals surface area contributed by atoms with Gasteiger partial charge in [-0.25, -0.2) is 0 Å². The second kappa shape index (κ2) is 9.91. The molecule has 0 aliphatic carbocycles. The van der Waals surface area contributed by atoms with Crippen LogP contribution >= 0.6 is 0 Å². The van der Waals surface area contributed by atoms with Gasteiger partial charge in [-0.05, 0) is 18.9 Å². The molecule has 1 aliphatic heterocycles. The van der Waals surface area contributed by atoms with Crippen LogP contribution in [-0.2, 0) is 19.1 Å². The van der Waals surface area contributed by atoms with E-state index < -0.39 is 12.0 Å². The lowest BCUT2D eigenvalue weighted by Gasteiger charge is -2.35. The van der Waals surface area contributed by atoms with Crippen LogP contribution in [0.15, 0.2) is 30.3 Å². The highest BCUT2D eigenvalue weighted by Gasteiger charge is 2.35. The molecule has 7 heteroatoms. The van der Waals surface area contributed by atoms with Crippen LogP contribution in [0.1, 0.15) is 38.3 Å². The van der Waals surface area contributed by atoms with Crippen LogP contribution in [0.25, 0.3) is 0 Å². The van der Waals surface area contributed by atoms with Crippen molar-refractivity contribution in [2.45, 2.75) is 38.8 Å². The third-order valence-electron chi connectivity index (χ3n) is 4.34. The molecule has 2 N–H and O–H groups in total. The van der Waals surface area contributed by atoms with Gasteiger partial charge in [-0.1, -0.05) is 37.3 Å². The number of amides is 2. The molecule has 2 rings (SSSR count). The number of carbonyl (C=O) groups excluding carboxylic acids is 3. The van der Waals surface area contributed by atoms with Gasteiger partial charge in [-0.2, -0.15) is 0 Å². The van der Waals surface area contributed by atoms with Gasteiger partial charge in [0.1, 0.15) is 6.04 Å². The van der Waals surface area contributed by atoms with Crippen molar-refractivity contribution in [1.82, 2.24) is 15.5 Å². The van der Waals surface area contributed by atoms with Gasteiger partial charge in [0.05, 0.1) is 19.6 Å². The predicted molar refractivity (Wildman–Crippen MR) is 97.2 cm³/mol. The van der Waals surface area contributed by atoms with E-state index in [4.69, 9.17) is 4.74 Å².